The van der Waals surface area contributed by atoms with Gasteiger partial charge in [0.05, 0.1) is 18.0 Å². The van der Waals surface area contributed by atoms with E-state index in [9.17, 15) is 18.0 Å². The van der Waals surface area contributed by atoms with E-state index in [2.05, 4.69) is 15.6 Å². The number of carbonyl (C=O) groups excluding carboxylic acids is 1. The molecule has 0 atom stereocenters. The minimum absolute atomic E-state index is 0.0448. The Bertz CT molecular complexity index is 1600. The maximum Gasteiger partial charge on any atom is 0.273 e. The number of amides is 1. The molecule has 1 amide bonds. The highest BCUT2D eigenvalue weighted by Gasteiger charge is 2.18. The average Bonchev–Trinajstić information content (AvgIpc) is 3.59. The molecule has 0 aliphatic rings. The number of hydrogen-bond donors (Lipinski definition) is 1. The van der Waals surface area contributed by atoms with Crippen LogP contribution in [-0.4, -0.2) is 27.5 Å². The molecular formula is C28H21F3N4O3. The van der Waals surface area contributed by atoms with Gasteiger partial charge in [0.25, 0.3) is 5.91 Å². The molecule has 0 aliphatic heterocycles. The topological polar surface area (TPSA) is 82.2 Å². The molecule has 38 heavy (non-hydrogen) atoms. The van der Waals surface area contributed by atoms with E-state index < -0.39 is 23.4 Å². The minimum Gasteiger partial charge on any atom is -0.491 e. The summed E-state index contributed by atoms with van der Waals surface area (Å²) in [6.07, 6.45) is 1.74. The van der Waals surface area contributed by atoms with Gasteiger partial charge >= 0.3 is 0 Å². The molecule has 1 N–H and O–H groups in total. The van der Waals surface area contributed by atoms with Crippen LogP contribution in [0.15, 0.2) is 83.5 Å². The summed E-state index contributed by atoms with van der Waals surface area (Å²) in [7, 11) is 0. The number of ether oxygens (including phenoxy) is 1. The molecular weight excluding hydrogens is 497 g/mol. The third-order valence-corrected chi connectivity index (χ3v) is 5.70. The van der Waals surface area contributed by atoms with Crippen LogP contribution in [-0.2, 0) is 6.54 Å². The molecule has 0 saturated carbocycles. The lowest BCUT2D eigenvalue weighted by atomic mass is 10.1. The van der Waals surface area contributed by atoms with Gasteiger partial charge in [0.2, 0.25) is 0 Å². The maximum atomic E-state index is 14.6. The number of para-hydroxylation sites is 1. The molecule has 10 heteroatoms. The Morgan fingerprint density at radius 3 is 2.45 bits per heavy atom. The molecule has 2 heterocycles. The summed E-state index contributed by atoms with van der Waals surface area (Å²) in [5, 5.41) is 11.1. The Balaban J connectivity index is 1.40. The van der Waals surface area contributed by atoms with Gasteiger partial charge in [-0.2, -0.15) is 5.10 Å². The molecule has 5 aromatic rings. The normalized spacial score (nSPS) is 10.9. The van der Waals surface area contributed by atoms with Gasteiger partial charge in [0, 0.05) is 35.5 Å². The van der Waals surface area contributed by atoms with Crippen molar-refractivity contribution < 1.29 is 27.2 Å². The predicted molar refractivity (Wildman–Crippen MR) is 133 cm³/mol. The maximum absolute atomic E-state index is 14.6. The molecule has 0 fully saturated rings. The van der Waals surface area contributed by atoms with E-state index in [1.807, 2.05) is 30.3 Å². The van der Waals surface area contributed by atoms with Crippen LogP contribution in [0.5, 0.6) is 5.75 Å². The molecule has 0 spiro atoms. The predicted octanol–water partition coefficient (Wildman–Crippen LogP) is 5.94. The summed E-state index contributed by atoms with van der Waals surface area (Å²) in [6.45, 7) is 2.14. The van der Waals surface area contributed by atoms with Crippen molar-refractivity contribution in [2.75, 3.05) is 6.61 Å². The zero-order valence-corrected chi connectivity index (χ0v) is 20.1. The van der Waals surface area contributed by atoms with Crippen LogP contribution in [0.3, 0.4) is 0 Å². The summed E-state index contributed by atoms with van der Waals surface area (Å²) in [5.41, 5.74) is 2.57. The molecule has 0 aliphatic carbocycles. The van der Waals surface area contributed by atoms with Crippen molar-refractivity contribution in [3.8, 4) is 34.0 Å². The van der Waals surface area contributed by atoms with Crippen LogP contribution in [0.25, 0.3) is 28.3 Å². The monoisotopic (exact) mass is 518 g/mol. The van der Waals surface area contributed by atoms with E-state index in [1.165, 1.54) is 24.3 Å². The van der Waals surface area contributed by atoms with Gasteiger partial charge in [-0.15, -0.1) is 0 Å². The lowest BCUT2D eigenvalue weighted by Crippen LogP contribution is -2.23. The quantitative estimate of drug-likeness (QED) is 0.275. The molecule has 5 rings (SSSR count). The molecule has 7 nitrogen and oxygen atoms in total. The van der Waals surface area contributed by atoms with E-state index in [0.717, 1.165) is 17.8 Å². The highest BCUT2D eigenvalue weighted by molar-refractivity contribution is 5.93. The summed E-state index contributed by atoms with van der Waals surface area (Å²) in [5.74, 6) is -2.88. The van der Waals surface area contributed by atoms with Gasteiger partial charge in [-0.3, -0.25) is 4.79 Å². The van der Waals surface area contributed by atoms with Gasteiger partial charge < -0.3 is 14.6 Å². The number of benzene rings is 3. The van der Waals surface area contributed by atoms with Crippen LogP contribution in [0.1, 0.15) is 23.0 Å². The lowest BCUT2D eigenvalue weighted by molar-refractivity contribution is 0.0942. The first-order valence-electron chi connectivity index (χ1n) is 11.7. The van der Waals surface area contributed by atoms with Gasteiger partial charge in [-0.1, -0.05) is 23.4 Å². The van der Waals surface area contributed by atoms with Gasteiger partial charge in [0.1, 0.15) is 0 Å². The lowest BCUT2D eigenvalue weighted by Gasteiger charge is -2.07. The third kappa shape index (κ3) is 5.15. The van der Waals surface area contributed by atoms with Crippen molar-refractivity contribution in [2.45, 2.75) is 13.5 Å². The summed E-state index contributed by atoms with van der Waals surface area (Å²) < 4.78 is 53.5. The van der Waals surface area contributed by atoms with Crippen molar-refractivity contribution in [1.82, 2.24) is 20.3 Å². The van der Waals surface area contributed by atoms with E-state index in [4.69, 9.17) is 9.26 Å². The van der Waals surface area contributed by atoms with Crippen LogP contribution in [0, 0.1) is 17.5 Å². The number of halogens is 3. The first-order valence-corrected chi connectivity index (χ1v) is 11.7. The van der Waals surface area contributed by atoms with Crippen molar-refractivity contribution in [2.24, 2.45) is 0 Å². The Morgan fingerprint density at radius 2 is 1.71 bits per heavy atom. The molecule has 3 aromatic carbocycles. The standard InChI is InChI=1S/C28H21F3N4O3/c1-2-37-25-11-9-18(13-23(25)31)27-19(16-35(33-27)20-6-4-3-5-7-20)15-32-28(36)24-14-26(38-34-24)17-8-10-21(29)22(30)12-17/h3-14,16H,2,15H2,1H3,(H,32,36). The average molecular weight is 518 g/mol. The Morgan fingerprint density at radius 1 is 0.947 bits per heavy atom. The van der Waals surface area contributed by atoms with Gasteiger partial charge in [0.15, 0.2) is 34.7 Å². The molecule has 0 saturated heterocycles. The highest BCUT2D eigenvalue weighted by atomic mass is 19.2. The molecule has 0 unspecified atom stereocenters. The second-order valence-electron chi connectivity index (χ2n) is 8.25. The number of hydrogen-bond acceptors (Lipinski definition) is 5. The number of nitrogens with one attached hydrogen (secondary N) is 1. The number of nitrogens with zero attached hydrogens (tertiary/aromatic N) is 3. The van der Waals surface area contributed by atoms with Crippen LogP contribution >= 0.6 is 0 Å². The molecule has 0 bridgehead atoms. The van der Waals surface area contributed by atoms with Crippen molar-refractivity contribution in [3.63, 3.8) is 0 Å². The number of carbonyl (C=O) groups is 1. The van der Waals surface area contributed by atoms with E-state index in [-0.39, 0.29) is 29.3 Å². The smallest absolute Gasteiger partial charge is 0.273 e. The van der Waals surface area contributed by atoms with Crippen LogP contribution in [0.4, 0.5) is 13.2 Å². The number of rotatable bonds is 8. The van der Waals surface area contributed by atoms with E-state index in [1.54, 1.807) is 23.9 Å². The van der Waals surface area contributed by atoms with Crippen molar-refractivity contribution in [3.05, 3.63) is 108 Å². The summed E-state index contributed by atoms with van der Waals surface area (Å²) >= 11 is 0. The number of aromatic nitrogens is 3. The molecule has 2 aromatic heterocycles. The third-order valence-electron chi connectivity index (χ3n) is 5.70. The first kappa shape index (κ1) is 24.8. The summed E-state index contributed by atoms with van der Waals surface area (Å²) in [4.78, 5) is 12.8. The molecule has 0 radical (unpaired) electrons. The second-order valence-corrected chi connectivity index (χ2v) is 8.25. The van der Waals surface area contributed by atoms with Crippen molar-refractivity contribution in [1.29, 1.82) is 0 Å². The van der Waals surface area contributed by atoms with Crippen LogP contribution < -0.4 is 10.1 Å². The minimum atomic E-state index is -1.04. The first-order chi connectivity index (χ1) is 18.4. The van der Waals surface area contributed by atoms with Gasteiger partial charge in [-0.05, 0) is 55.5 Å². The Hall–Kier alpha value is -4.86. The second kappa shape index (κ2) is 10.6. The van der Waals surface area contributed by atoms with Crippen molar-refractivity contribution >= 4 is 5.91 Å². The fraction of sp³-hybridized carbons (Fsp3) is 0.107. The summed E-state index contributed by atoms with van der Waals surface area (Å²) in [6, 6.07) is 18.5. The van der Waals surface area contributed by atoms with E-state index >= 15 is 0 Å². The zero-order valence-electron chi connectivity index (χ0n) is 20.1. The largest absolute Gasteiger partial charge is 0.491 e. The zero-order chi connectivity index (χ0) is 26.6. The SMILES string of the molecule is CCOc1ccc(-c2nn(-c3ccccc3)cc2CNC(=O)c2cc(-c3ccc(F)c(F)c3)on2)cc1F. The fourth-order valence-corrected chi connectivity index (χ4v) is 3.85. The van der Waals surface area contributed by atoms with Gasteiger partial charge in [-0.25, -0.2) is 17.9 Å². The molecule has 192 valence electrons. The Labute approximate surface area is 215 Å². The van der Waals surface area contributed by atoms with Crippen LogP contribution in [0.2, 0.25) is 0 Å². The Kier molecular flexibility index (Phi) is 6.94. The van der Waals surface area contributed by atoms with E-state index in [0.29, 0.717) is 23.4 Å². The fourth-order valence-electron chi connectivity index (χ4n) is 3.85. The highest BCUT2D eigenvalue weighted by Crippen LogP contribution is 2.28.